The number of carboxylic acid groups (broad SMARTS) is 1. The molecule has 26 heavy (non-hydrogen) atoms. The number of hydrogen-bond acceptors (Lipinski definition) is 6. The van der Waals surface area contributed by atoms with Crippen molar-refractivity contribution in [3.05, 3.63) is 69.2 Å². The summed E-state index contributed by atoms with van der Waals surface area (Å²) < 4.78 is 0. The van der Waals surface area contributed by atoms with Gasteiger partial charge >= 0.3 is 5.97 Å². The molecule has 0 aliphatic heterocycles. The molecule has 130 valence electrons. The Labute approximate surface area is 151 Å². The molecule has 0 heterocycles. The molecular formula is C17H10ClN3O5. The highest BCUT2D eigenvalue weighted by atomic mass is 35.5. The van der Waals surface area contributed by atoms with E-state index < -0.39 is 16.6 Å². The van der Waals surface area contributed by atoms with Crippen molar-refractivity contribution in [3.63, 3.8) is 0 Å². The van der Waals surface area contributed by atoms with Crippen molar-refractivity contribution in [1.82, 2.24) is 0 Å². The van der Waals surface area contributed by atoms with E-state index in [9.17, 15) is 25.1 Å². The summed E-state index contributed by atoms with van der Waals surface area (Å²) in [5.41, 5.74) is -0.404. The van der Waals surface area contributed by atoms with Gasteiger partial charge in [0.2, 0.25) is 0 Å². The second-order valence-corrected chi connectivity index (χ2v) is 5.65. The van der Waals surface area contributed by atoms with E-state index in [4.69, 9.17) is 11.6 Å². The highest BCUT2D eigenvalue weighted by Gasteiger charge is 2.17. The van der Waals surface area contributed by atoms with Gasteiger partial charge in [-0.15, -0.1) is 10.2 Å². The van der Waals surface area contributed by atoms with Crippen molar-refractivity contribution in [2.24, 2.45) is 10.2 Å². The van der Waals surface area contributed by atoms with E-state index >= 15 is 0 Å². The number of rotatable bonds is 4. The van der Waals surface area contributed by atoms with Gasteiger partial charge in [0, 0.05) is 17.5 Å². The van der Waals surface area contributed by atoms with Crippen LogP contribution in [0, 0.1) is 10.1 Å². The van der Waals surface area contributed by atoms with E-state index in [0.717, 1.165) is 6.07 Å². The highest BCUT2D eigenvalue weighted by molar-refractivity contribution is 6.33. The SMILES string of the molecule is O=C(O)c1cc2ccccc2c(N=Nc2ccc([N+](=O)[O-])cc2Cl)c1O. The average Bonchev–Trinajstić information content (AvgIpc) is 2.61. The zero-order valence-corrected chi connectivity index (χ0v) is 13.7. The minimum atomic E-state index is -1.31. The van der Waals surface area contributed by atoms with Gasteiger partial charge in [-0.05, 0) is 17.5 Å². The Bertz CT molecular complexity index is 1080. The molecule has 3 aromatic rings. The average molecular weight is 372 g/mol. The van der Waals surface area contributed by atoms with Crippen molar-refractivity contribution < 1.29 is 19.9 Å². The number of phenols is 1. The largest absolute Gasteiger partial charge is 0.505 e. The fourth-order valence-electron chi connectivity index (χ4n) is 2.38. The van der Waals surface area contributed by atoms with Crippen molar-refractivity contribution in [2.75, 3.05) is 0 Å². The van der Waals surface area contributed by atoms with Gasteiger partial charge in [-0.2, -0.15) is 0 Å². The maximum atomic E-state index is 11.3. The Balaban J connectivity index is 2.14. The monoisotopic (exact) mass is 371 g/mol. The van der Waals surface area contributed by atoms with E-state index in [0.29, 0.717) is 10.8 Å². The molecule has 0 bridgehead atoms. The van der Waals surface area contributed by atoms with Crippen LogP contribution in [0.1, 0.15) is 10.4 Å². The lowest BCUT2D eigenvalue weighted by Gasteiger charge is -2.07. The first-order chi connectivity index (χ1) is 12.4. The van der Waals surface area contributed by atoms with Gasteiger partial charge in [0.1, 0.15) is 16.9 Å². The molecule has 0 radical (unpaired) electrons. The highest BCUT2D eigenvalue weighted by Crippen LogP contribution is 2.40. The topological polar surface area (TPSA) is 125 Å². The van der Waals surface area contributed by atoms with Crippen molar-refractivity contribution in [2.45, 2.75) is 0 Å². The van der Waals surface area contributed by atoms with Crippen LogP contribution in [-0.4, -0.2) is 21.1 Å². The molecule has 2 N–H and O–H groups in total. The summed E-state index contributed by atoms with van der Waals surface area (Å²) in [6.07, 6.45) is 0. The van der Waals surface area contributed by atoms with Crippen LogP contribution in [0.25, 0.3) is 10.8 Å². The third kappa shape index (κ3) is 3.17. The third-order valence-electron chi connectivity index (χ3n) is 3.63. The smallest absolute Gasteiger partial charge is 0.339 e. The molecule has 0 saturated carbocycles. The first-order valence-electron chi connectivity index (χ1n) is 7.22. The Morgan fingerprint density at radius 1 is 1.12 bits per heavy atom. The molecule has 0 fully saturated rings. The minimum absolute atomic E-state index is 0.00105. The minimum Gasteiger partial charge on any atom is -0.505 e. The van der Waals surface area contributed by atoms with Crippen LogP contribution < -0.4 is 0 Å². The number of nitrogens with zero attached hydrogens (tertiary/aromatic N) is 3. The number of halogens is 1. The lowest BCUT2D eigenvalue weighted by molar-refractivity contribution is -0.384. The molecule has 9 heteroatoms. The number of hydrogen-bond donors (Lipinski definition) is 2. The van der Waals surface area contributed by atoms with Crippen molar-refractivity contribution in [3.8, 4) is 5.75 Å². The quantitative estimate of drug-likeness (QED) is 0.369. The molecule has 0 unspecified atom stereocenters. The van der Waals surface area contributed by atoms with Gasteiger partial charge in [-0.25, -0.2) is 4.79 Å². The van der Waals surface area contributed by atoms with E-state index in [1.54, 1.807) is 24.3 Å². The maximum absolute atomic E-state index is 11.3. The number of benzene rings is 3. The maximum Gasteiger partial charge on any atom is 0.339 e. The predicted molar refractivity (Wildman–Crippen MR) is 94.9 cm³/mol. The second kappa shape index (κ2) is 6.77. The number of nitro benzene ring substituents is 1. The summed E-state index contributed by atoms with van der Waals surface area (Å²) in [7, 11) is 0. The number of azo groups is 1. The van der Waals surface area contributed by atoms with Crippen LogP contribution in [-0.2, 0) is 0 Å². The van der Waals surface area contributed by atoms with Crippen LogP contribution >= 0.6 is 11.6 Å². The van der Waals surface area contributed by atoms with Gasteiger partial charge in [-0.1, -0.05) is 35.9 Å². The normalized spacial score (nSPS) is 11.1. The summed E-state index contributed by atoms with van der Waals surface area (Å²) in [4.78, 5) is 21.5. The van der Waals surface area contributed by atoms with Crippen LogP contribution in [0.15, 0.2) is 58.8 Å². The van der Waals surface area contributed by atoms with Crippen molar-refractivity contribution >= 4 is 45.4 Å². The fraction of sp³-hybridized carbons (Fsp3) is 0. The number of carboxylic acids is 1. The number of non-ortho nitro benzene ring substituents is 1. The van der Waals surface area contributed by atoms with Gasteiger partial charge in [0.15, 0.2) is 5.75 Å². The molecular weight excluding hydrogens is 362 g/mol. The molecule has 3 aromatic carbocycles. The summed E-state index contributed by atoms with van der Waals surface area (Å²) in [6, 6.07) is 11.8. The van der Waals surface area contributed by atoms with Crippen LogP contribution in [0.5, 0.6) is 5.75 Å². The van der Waals surface area contributed by atoms with E-state index in [-0.39, 0.29) is 27.6 Å². The second-order valence-electron chi connectivity index (χ2n) is 5.24. The van der Waals surface area contributed by atoms with E-state index in [2.05, 4.69) is 10.2 Å². The third-order valence-corrected chi connectivity index (χ3v) is 3.93. The standard InChI is InChI=1S/C17H10ClN3O5/c18-13-8-10(21(25)26)5-6-14(13)19-20-15-11-4-2-1-3-9(11)7-12(16(15)22)17(23)24/h1-8,22H,(H,23,24). The molecule has 3 rings (SSSR count). The number of fused-ring (bicyclic) bond motifs is 1. The van der Waals surface area contributed by atoms with E-state index in [1.807, 2.05) is 0 Å². The molecule has 0 aliphatic rings. The Kier molecular flexibility index (Phi) is 4.51. The summed E-state index contributed by atoms with van der Waals surface area (Å²) in [5.74, 6) is -1.84. The van der Waals surface area contributed by atoms with Gasteiger partial charge in [0.25, 0.3) is 5.69 Å². The first kappa shape index (κ1) is 17.3. The van der Waals surface area contributed by atoms with E-state index in [1.165, 1.54) is 18.2 Å². The lowest BCUT2D eigenvalue weighted by Crippen LogP contribution is -1.97. The number of nitro groups is 1. The molecule has 0 saturated heterocycles. The summed E-state index contributed by atoms with van der Waals surface area (Å²) >= 11 is 5.96. The zero-order valence-electron chi connectivity index (χ0n) is 13.0. The zero-order chi connectivity index (χ0) is 18.8. The summed E-state index contributed by atoms with van der Waals surface area (Å²) in [6.45, 7) is 0. The number of carbonyl (C=O) groups is 1. The predicted octanol–water partition coefficient (Wildman–Crippen LogP) is 5.22. The fourth-order valence-corrected chi connectivity index (χ4v) is 2.59. The van der Waals surface area contributed by atoms with Crippen molar-refractivity contribution in [1.29, 1.82) is 0 Å². The van der Waals surface area contributed by atoms with Crippen LogP contribution in [0.2, 0.25) is 5.02 Å². The molecule has 0 atom stereocenters. The Morgan fingerprint density at radius 2 is 1.85 bits per heavy atom. The molecule has 8 nitrogen and oxygen atoms in total. The molecule has 0 aliphatic carbocycles. The molecule has 0 amide bonds. The summed E-state index contributed by atoms with van der Waals surface area (Å²) in [5, 5.41) is 39.2. The lowest BCUT2D eigenvalue weighted by atomic mass is 10.0. The molecule has 0 spiro atoms. The van der Waals surface area contributed by atoms with Gasteiger partial charge in [0.05, 0.1) is 9.95 Å². The van der Waals surface area contributed by atoms with Gasteiger partial charge < -0.3 is 10.2 Å². The number of aromatic hydroxyl groups is 1. The molecule has 0 aromatic heterocycles. The Hall–Kier alpha value is -3.52. The first-order valence-corrected chi connectivity index (χ1v) is 7.60. The van der Waals surface area contributed by atoms with Gasteiger partial charge in [-0.3, -0.25) is 10.1 Å². The van der Waals surface area contributed by atoms with Crippen LogP contribution in [0.3, 0.4) is 0 Å². The van der Waals surface area contributed by atoms with Crippen LogP contribution in [0.4, 0.5) is 17.1 Å². The number of aromatic carboxylic acids is 1. The Morgan fingerprint density at radius 3 is 2.50 bits per heavy atom.